The lowest BCUT2D eigenvalue weighted by Crippen LogP contribution is -2.07. The van der Waals surface area contributed by atoms with Crippen LogP contribution in [0.1, 0.15) is 31.4 Å². The van der Waals surface area contributed by atoms with Gasteiger partial charge in [-0.2, -0.15) is 13.2 Å². The maximum atomic E-state index is 12.8. The first-order valence-electron chi connectivity index (χ1n) is 10.5. The maximum Gasteiger partial charge on any atom is 0.417 e. The van der Waals surface area contributed by atoms with E-state index in [1.54, 1.807) is 31.3 Å². The average Bonchev–Trinajstić information content (AvgIpc) is 3.19. The molecule has 182 valence electrons. The predicted molar refractivity (Wildman–Crippen MR) is 116 cm³/mol. The van der Waals surface area contributed by atoms with Gasteiger partial charge in [0.1, 0.15) is 0 Å². The molecule has 2 heterocycles. The molecule has 0 bridgehead atoms. The second-order valence-electron chi connectivity index (χ2n) is 7.07. The van der Waals surface area contributed by atoms with E-state index in [-0.39, 0.29) is 18.2 Å². The molecule has 0 fully saturated rings. The maximum absolute atomic E-state index is 12.8. The number of alkyl halides is 3. The molecule has 3 rings (SSSR count). The third-order valence-electron chi connectivity index (χ3n) is 4.60. The first kappa shape index (κ1) is 24.9. The van der Waals surface area contributed by atoms with Crippen molar-refractivity contribution >= 4 is 5.97 Å². The Morgan fingerprint density at radius 1 is 1.12 bits per heavy atom. The van der Waals surface area contributed by atoms with E-state index in [1.165, 1.54) is 24.8 Å². The van der Waals surface area contributed by atoms with E-state index in [4.69, 9.17) is 18.9 Å². The number of methoxy groups -OCH3 is 1. The summed E-state index contributed by atoms with van der Waals surface area (Å²) in [7, 11) is 1.48. The summed E-state index contributed by atoms with van der Waals surface area (Å²) in [6.45, 7) is 3.74. The Labute approximate surface area is 194 Å². The van der Waals surface area contributed by atoms with Crippen molar-refractivity contribution in [2.45, 2.75) is 32.9 Å². The second kappa shape index (κ2) is 10.9. The molecule has 0 radical (unpaired) electrons. The number of halogens is 3. The molecule has 0 saturated carbocycles. The van der Waals surface area contributed by atoms with E-state index >= 15 is 0 Å². The number of aryl methyl sites for hydroxylation is 1. The van der Waals surface area contributed by atoms with Crippen LogP contribution in [0.15, 0.2) is 42.7 Å². The molecule has 34 heavy (non-hydrogen) atoms. The lowest BCUT2D eigenvalue weighted by atomic mass is 10.2. The predicted octanol–water partition coefficient (Wildman–Crippen LogP) is 4.63. The Hall–Kier alpha value is -3.76. The lowest BCUT2D eigenvalue weighted by Gasteiger charge is -2.14. The fourth-order valence-electron chi connectivity index (χ4n) is 3.10. The van der Waals surface area contributed by atoms with Gasteiger partial charge in [-0.05, 0) is 44.0 Å². The van der Waals surface area contributed by atoms with E-state index in [0.29, 0.717) is 36.8 Å². The molecule has 11 heteroatoms. The van der Waals surface area contributed by atoms with Gasteiger partial charge in [0.2, 0.25) is 11.6 Å². The summed E-state index contributed by atoms with van der Waals surface area (Å²) >= 11 is 0. The standard InChI is InChI=1S/C23H24F3N3O5/c1-4-32-22-16(14-29(28-22)20-11-10-17(13-27-20)23(24,25)26)7-6-12-33-21-18(31-3)8-5-9-19(21)34-15(2)30/h5,8-11,13-14H,4,6-7,12H2,1-3H3. The number of benzene rings is 1. The lowest BCUT2D eigenvalue weighted by molar-refractivity contribution is -0.138. The summed E-state index contributed by atoms with van der Waals surface area (Å²) in [6, 6.07) is 7.18. The van der Waals surface area contributed by atoms with Gasteiger partial charge in [0.25, 0.3) is 0 Å². The number of rotatable bonds is 10. The molecule has 1 aromatic carbocycles. The number of carbonyl (C=O) groups excluding carboxylic acids is 1. The van der Waals surface area contributed by atoms with Crippen LogP contribution < -0.4 is 18.9 Å². The van der Waals surface area contributed by atoms with Crippen molar-refractivity contribution in [2.24, 2.45) is 0 Å². The van der Waals surface area contributed by atoms with Gasteiger partial charge < -0.3 is 18.9 Å². The van der Waals surface area contributed by atoms with Crippen molar-refractivity contribution in [3.05, 3.63) is 53.9 Å². The molecule has 2 aromatic heterocycles. The molecule has 8 nitrogen and oxygen atoms in total. The minimum Gasteiger partial charge on any atom is -0.493 e. The van der Waals surface area contributed by atoms with Crippen LogP contribution in [0.25, 0.3) is 5.82 Å². The molecule has 0 aliphatic rings. The van der Waals surface area contributed by atoms with Crippen molar-refractivity contribution < 1.29 is 36.9 Å². The van der Waals surface area contributed by atoms with Gasteiger partial charge in [0.05, 0.1) is 25.9 Å². The first-order valence-corrected chi connectivity index (χ1v) is 10.5. The van der Waals surface area contributed by atoms with Gasteiger partial charge in [0.15, 0.2) is 17.3 Å². The van der Waals surface area contributed by atoms with Crippen LogP contribution in [0.3, 0.4) is 0 Å². The topological polar surface area (TPSA) is 84.7 Å². The minimum absolute atomic E-state index is 0.233. The highest BCUT2D eigenvalue weighted by molar-refractivity contribution is 5.71. The van der Waals surface area contributed by atoms with Gasteiger partial charge >= 0.3 is 12.1 Å². The number of ether oxygens (including phenoxy) is 4. The van der Waals surface area contributed by atoms with Gasteiger partial charge in [-0.25, -0.2) is 9.67 Å². The number of pyridine rings is 1. The smallest absolute Gasteiger partial charge is 0.417 e. The highest BCUT2D eigenvalue weighted by Gasteiger charge is 2.30. The zero-order valence-electron chi connectivity index (χ0n) is 18.9. The Balaban J connectivity index is 1.70. The third-order valence-corrected chi connectivity index (χ3v) is 4.60. The van der Waals surface area contributed by atoms with Crippen LogP contribution in [0.5, 0.6) is 23.1 Å². The van der Waals surface area contributed by atoms with Crippen LogP contribution in [0.2, 0.25) is 0 Å². The molecule has 0 amide bonds. The Bertz CT molecular complexity index is 1110. The van der Waals surface area contributed by atoms with Crippen molar-refractivity contribution in [1.82, 2.24) is 14.8 Å². The van der Waals surface area contributed by atoms with Gasteiger partial charge in [-0.15, -0.1) is 5.10 Å². The number of carbonyl (C=O) groups is 1. The zero-order chi connectivity index (χ0) is 24.7. The normalized spacial score (nSPS) is 11.2. The molecule has 0 aliphatic heterocycles. The first-order chi connectivity index (χ1) is 16.2. The van der Waals surface area contributed by atoms with Gasteiger partial charge in [0, 0.05) is 24.9 Å². The second-order valence-corrected chi connectivity index (χ2v) is 7.07. The highest BCUT2D eigenvalue weighted by atomic mass is 19.4. The minimum atomic E-state index is -4.46. The van der Waals surface area contributed by atoms with E-state index in [1.807, 2.05) is 0 Å². The van der Waals surface area contributed by atoms with Crippen LogP contribution in [-0.2, 0) is 17.4 Å². The Morgan fingerprint density at radius 2 is 1.88 bits per heavy atom. The molecule has 0 unspecified atom stereocenters. The van der Waals surface area contributed by atoms with E-state index in [2.05, 4.69) is 10.1 Å². The Morgan fingerprint density at radius 3 is 2.50 bits per heavy atom. The van der Waals surface area contributed by atoms with Crippen molar-refractivity contribution in [3.8, 4) is 28.9 Å². The average molecular weight is 479 g/mol. The summed E-state index contributed by atoms with van der Waals surface area (Å²) in [5.74, 6) is 1.11. The summed E-state index contributed by atoms with van der Waals surface area (Å²) in [5.41, 5.74) is -0.0948. The largest absolute Gasteiger partial charge is 0.493 e. The van der Waals surface area contributed by atoms with Crippen LogP contribution in [0, 0.1) is 0 Å². The fraction of sp³-hybridized carbons (Fsp3) is 0.348. The van der Waals surface area contributed by atoms with Crippen LogP contribution >= 0.6 is 0 Å². The number of esters is 1. The molecule has 0 spiro atoms. The number of nitrogens with zero attached hydrogens (tertiary/aromatic N) is 3. The van der Waals surface area contributed by atoms with Crippen LogP contribution in [0.4, 0.5) is 13.2 Å². The number of aromatic nitrogens is 3. The number of hydrogen-bond donors (Lipinski definition) is 0. The van der Waals surface area contributed by atoms with Crippen LogP contribution in [-0.4, -0.2) is 41.1 Å². The van der Waals surface area contributed by atoms with E-state index < -0.39 is 17.7 Å². The Kier molecular flexibility index (Phi) is 7.98. The number of hydrogen-bond acceptors (Lipinski definition) is 7. The third kappa shape index (κ3) is 6.18. The SMILES string of the molecule is CCOc1nn(-c2ccc(C(F)(F)F)cn2)cc1CCCOc1c(OC)cccc1OC(C)=O. The van der Waals surface area contributed by atoms with Crippen molar-refractivity contribution in [2.75, 3.05) is 20.3 Å². The summed E-state index contributed by atoms with van der Waals surface area (Å²) < 4.78 is 61.6. The van der Waals surface area contributed by atoms with Crippen molar-refractivity contribution in [3.63, 3.8) is 0 Å². The molecule has 0 N–H and O–H groups in total. The molecule has 3 aromatic rings. The van der Waals surface area contributed by atoms with E-state index in [0.717, 1.165) is 17.8 Å². The fourth-order valence-corrected chi connectivity index (χ4v) is 3.10. The summed E-state index contributed by atoms with van der Waals surface area (Å²) in [5, 5.41) is 4.31. The highest BCUT2D eigenvalue weighted by Crippen LogP contribution is 2.37. The van der Waals surface area contributed by atoms with Crippen molar-refractivity contribution in [1.29, 1.82) is 0 Å². The number of para-hydroxylation sites is 1. The molecule has 0 saturated heterocycles. The molecule has 0 atom stereocenters. The zero-order valence-corrected chi connectivity index (χ0v) is 18.9. The summed E-state index contributed by atoms with van der Waals surface area (Å²) in [4.78, 5) is 15.2. The molecular formula is C23H24F3N3O5. The van der Waals surface area contributed by atoms with E-state index in [9.17, 15) is 18.0 Å². The monoisotopic (exact) mass is 479 g/mol. The summed E-state index contributed by atoms with van der Waals surface area (Å²) in [6.07, 6.45) is -0.987. The molecular weight excluding hydrogens is 455 g/mol. The quantitative estimate of drug-likeness (QED) is 0.238. The molecule has 0 aliphatic carbocycles. The van der Waals surface area contributed by atoms with Gasteiger partial charge in [-0.1, -0.05) is 6.07 Å². The van der Waals surface area contributed by atoms with Gasteiger partial charge in [-0.3, -0.25) is 4.79 Å².